The number of carbonyl (C=O) groups excluding carboxylic acids is 1. The van der Waals surface area contributed by atoms with Gasteiger partial charge in [-0.2, -0.15) is 0 Å². The molecular weight excluding hydrogens is 308 g/mol. The van der Waals surface area contributed by atoms with E-state index in [9.17, 15) is 4.79 Å². The summed E-state index contributed by atoms with van der Waals surface area (Å²) in [5.41, 5.74) is 1.06. The van der Waals surface area contributed by atoms with E-state index in [2.05, 4.69) is 15.3 Å². The summed E-state index contributed by atoms with van der Waals surface area (Å²) in [6, 6.07) is 2.36. The summed E-state index contributed by atoms with van der Waals surface area (Å²) < 4.78 is 10.5. The molecule has 1 aromatic heterocycles. The van der Waals surface area contributed by atoms with Crippen LogP contribution in [0.3, 0.4) is 0 Å². The average Bonchev–Trinajstić information content (AvgIpc) is 3.10. The number of hydrogen-bond acceptors (Lipinski definition) is 6. The van der Waals surface area contributed by atoms with Gasteiger partial charge in [0.25, 0.3) is 0 Å². The summed E-state index contributed by atoms with van der Waals surface area (Å²) in [6.45, 7) is 7.15. The van der Waals surface area contributed by atoms with E-state index in [1.807, 2.05) is 19.9 Å². The molecule has 0 aliphatic carbocycles. The number of anilines is 1. The molecule has 0 saturated carbocycles. The molecule has 0 spiro atoms. The van der Waals surface area contributed by atoms with E-state index in [-0.39, 0.29) is 6.09 Å². The van der Waals surface area contributed by atoms with Crippen LogP contribution in [0.4, 0.5) is 10.6 Å². The van der Waals surface area contributed by atoms with E-state index in [0.29, 0.717) is 31.7 Å². The molecule has 3 rings (SSSR count). The van der Waals surface area contributed by atoms with E-state index in [4.69, 9.17) is 9.47 Å². The Morgan fingerprint density at radius 1 is 1.38 bits per heavy atom. The van der Waals surface area contributed by atoms with Gasteiger partial charge >= 0.3 is 6.09 Å². The monoisotopic (exact) mass is 334 g/mol. The molecule has 1 aromatic rings. The van der Waals surface area contributed by atoms with Crippen molar-refractivity contribution in [3.63, 3.8) is 0 Å². The number of carbonyl (C=O) groups is 1. The minimum Gasteiger partial charge on any atom is -0.450 e. The van der Waals surface area contributed by atoms with Crippen LogP contribution in [0.15, 0.2) is 6.07 Å². The van der Waals surface area contributed by atoms with E-state index >= 15 is 0 Å². The number of aryl methyl sites for hydroxylation is 1. The number of amides is 1. The molecule has 0 radical (unpaired) electrons. The number of nitrogens with one attached hydrogen (secondary N) is 1. The standard InChI is InChI=1S/C17H26N4O3/c1-3-24-17(22)21-7-4-14(5-8-21)20-16-10-15(18-12(2)19-16)13-6-9-23-11-13/h10,13-14H,3-9,11H2,1-2H3,(H,18,19,20)/t13-/m1/s1. The third-order valence-corrected chi connectivity index (χ3v) is 4.58. The zero-order valence-electron chi connectivity index (χ0n) is 14.5. The largest absolute Gasteiger partial charge is 0.450 e. The quantitative estimate of drug-likeness (QED) is 0.910. The minimum atomic E-state index is -0.211. The third-order valence-electron chi connectivity index (χ3n) is 4.58. The van der Waals surface area contributed by atoms with Gasteiger partial charge in [0.05, 0.1) is 18.9 Å². The van der Waals surface area contributed by atoms with Crippen molar-refractivity contribution in [2.45, 2.75) is 45.1 Å². The maximum atomic E-state index is 11.8. The van der Waals surface area contributed by atoms with Gasteiger partial charge in [0.15, 0.2) is 0 Å². The third kappa shape index (κ3) is 4.14. The molecule has 7 nitrogen and oxygen atoms in total. The van der Waals surface area contributed by atoms with Crippen LogP contribution < -0.4 is 5.32 Å². The van der Waals surface area contributed by atoms with Crippen LogP contribution in [0.25, 0.3) is 0 Å². The lowest BCUT2D eigenvalue weighted by Gasteiger charge is -2.32. The predicted octanol–water partition coefficient (Wildman–Crippen LogP) is 2.32. The first-order valence-corrected chi connectivity index (χ1v) is 8.77. The van der Waals surface area contributed by atoms with Crippen molar-refractivity contribution in [1.82, 2.24) is 14.9 Å². The van der Waals surface area contributed by atoms with Crippen LogP contribution in [-0.4, -0.2) is 59.9 Å². The highest BCUT2D eigenvalue weighted by Gasteiger charge is 2.25. The number of ether oxygens (including phenoxy) is 2. The van der Waals surface area contributed by atoms with Gasteiger partial charge in [0.1, 0.15) is 11.6 Å². The van der Waals surface area contributed by atoms with Gasteiger partial charge in [-0.1, -0.05) is 0 Å². The molecule has 7 heteroatoms. The summed E-state index contributed by atoms with van der Waals surface area (Å²) in [5, 5.41) is 3.51. The second-order valence-corrected chi connectivity index (χ2v) is 6.39. The fourth-order valence-corrected chi connectivity index (χ4v) is 3.27. The predicted molar refractivity (Wildman–Crippen MR) is 90.2 cm³/mol. The van der Waals surface area contributed by atoms with Crippen molar-refractivity contribution in [3.05, 3.63) is 17.6 Å². The minimum absolute atomic E-state index is 0.211. The van der Waals surface area contributed by atoms with Crippen LogP contribution in [0.1, 0.15) is 43.6 Å². The lowest BCUT2D eigenvalue weighted by atomic mass is 10.0. The summed E-state index contributed by atoms with van der Waals surface area (Å²) in [6.07, 6.45) is 2.60. The van der Waals surface area contributed by atoms with Crippen LogP contribution in [-0.2, 0) is 9.47 Å². The number of likely N-dealkylation sites (tertiary alicyclic amines) is 1. The highest BCUT2D eigenvalue weighted by atomic mass is 16.6. The molecule has 1 N–H and O–H groups in total. The van der Waals surface area contributed by atoms with Gasteiger partial charge in [-0.05, 0) is 33.1 Å². The van der Waals surface area contributed by atoms with Crippen molar-refractivity contribution in [3.8, 4) is 0 Å². The van der Waals surface area contributed by atoms with Crippen molar-refractivity contribution in [2.75, 3.05) is 38.2 Å². The highest BCUT2D eigenvalue weighted by Crippen LogP contribution is 2.26. The summed E-state index contributed by atoms with van der Waals surface area (Å²) in [4.78, 5) is 22.6. The van der Waals surface area contributed by atoms with E-state index in [1.165, 1.54) is 0 Å². The smallest absolute Gasteiger partial charge is 0.409 e. The second-order valence-electron chi connectivity index (χ2n) is 6.39. The van der Waals surface area contributed by atoms with Crippen LogP contribution in [0.2, 0.25) is 0 Å². The summed E-state index contributed by atoms with van der Waals surface area (Å²) in [5.74, 6) is 2.03. The molecule has 1 amide bonds. The topological polar surface area (TPSA) is 76.6 Å². The Bertz CT molecular complexity index is 567. The Kier molecular flexibility index (Phi) is 5.50. The molecule has 2 aliphatic heterocycles. The molecule has 0 unspecified atom stereocenters. The first-order chi connectivity index (χ1) is 11.7. The highest BCUT2D eigenvalue weighted by molar-refractivity contribution is 5.67. The first-order valence-electron chi connectivity index (χ1n) is 8.77. The van der Waals surface area contributed by atoms with Gasteiger partial charge in [-0.3, -0.25) is 0 Å². The fourth-order valence-electron chi connectivity index (χ4n) is 3.27. The van der Waals surface area contributed by atoms with Crippen LogP contribution in [0, 0.1) is 6.92 Å². The molecule has 0 bridgehead atoms. The summed E-state index contributed by atoms with van der Waals surface area (Å²) >= 11 is 0. The van der Waals surface area contributed by atoms with Crippen LogP contribution >= 0.6 is 0 Å². The Morgan fingerprint density at radius 2 is 2.17 bits per heavy atom. The number of hydrogen-bond donors (Lipinski definition) is 1. The van der Waals surface area contributed by atoms with Crippen molar-refractivity contribution < 1.29 is 14.3 Å². The molecule has 24 heavy (non-hydrogen) atoms. The number of rotatable bonds is 4. The normalized spacial score (nSPS) is 21.8. The molecule has 1 atom stereocenters. The van der Waals surface area contributed by atoms with E-state index < -0.39 is 0 Å². The SMILES string of the molecule is CCOC(=O)N1CCC(Nc2cc([C@@H]3CCOC3)nc(C)n2)CC1. The van der Waals surface area contributed by atoms with Crippen molar-refractivity contribution in [1.29, 1.82) is 0 Å². The molecular formula is C17H26N4O3. The Hall–Kier alpha value is -1.89. The maximum Gasteiger partial charge on any atom is 0.409 e. The lowest BCUT2D eigenvalue weighted by Crippen LogP contribution is -2.42. The molecule has 2 fully saturated rings. The second kappa shape index (κ2) is 7.79. The Morgan fingerprint density at radius 3 is 2.83 bits per heavy atom. The summed E-state index contributed by atoms with van der Waals surface area (Å²) in [7, 11) is 0. The Balaban J connectivity index is 1.58. The van der Waals surface area contributed by atoms with E-state index in [0.717, 1.165) is 49.8 Å². The van der Waals surface area contributed by atoms with Gasteiger partial charge in [0.2, 0.25) is 0 Å². The first kappa shape index (κ1) is 17.0. The van der Waals surface area contributed by atoms with Crippen molar-refractivity contribution in [2.24, 2.45) is 0 Å². The number of piperidine rings is 1. The lowest BCUT2D eigenvalue weighted by molar-refractivity contribution is 0.0983. The van der Waals surface area contributed by atoms with Gasteiger partial charge in [-0.25, -0.2) is 14.8 Å². The van der Waals surface area contributed by atoms with E-state index in [1.54, 1.807) is 4.90 Å². The number of aromatic nitrogens is 2. The van der Waals surface area contributed by atoms with Gasteiger partial charge < -0.3 is 19.7 Å². The van der Waals surface area contributed by atoms with Gasteiger partial charge in [0, 0.05) is 37.7 Å². The zero-order valence-corrected chi connectivity index (χ0v) is 14.5. The molecule has 0 aromatic carbocycles. The molecule has 3 heterocycles. The van der Waals surface area contributed by atoms with Crippen LogP contribution in [0.5, 0.6) is 0 Å². The molecule has 2 aliphatic rings. The molecule has 132 valence electrons. The fraction of sp³-hybridized carbons (Fsp3) is 0.706. The maximum absolute atomic E-state index is 11.8. The van der Waals surface area contributed by atoms with Crippen molar-refractivity contribution >= 4 is 11.9 Å². The average molecular weight is 334 g/mol. The molecule has 2 saturated heterocycles. The Labute approximate surface area is 142 Å². The number of nitrogens with zero attached hydrogens (tertiary/aromatic N) is 3. The van der Waals surface area contributed by atoms with Gasteiger partial charge in [-0.15, -0.1) is 0 Å². The zero-order chi connectivity index (χ0) is 16.9.